The molecule has 0 spiro atoms. The molecule has 0 saturated carbocycles. The van der Waals surface area contributed by atoms with E-state index in [4.69, 9.17) is 9.47 Å². The Balaban J connectivity index is 2.50. The van der Waals surface area contributed by atoms with Gasteiger partial charge in [0.25, 0.3) is 0 Å². The topological polar surface area (TPSA) is 35.5 Å². The Morgan fingerprint density at radius 2 is 2.23 bits per heavy atom. The highest BCUT2D eigenvalue weighted by Gasteiger charge is 2.31. The summed E-state index contributed by atoms with van der Waals surface area (Å²) in [6.45, 7) is 4.31. The van der Waals surface area contributed by atoms with Gasteiger partial charge in [-0.15, -0.1) is 0 Å². The Labute approximate surface area is 84.3 Å². The van der Waals surface area contributed by atoms with Gasteiger partial charge in [-0.3, -0.25) is 0 Å². The van der Waals surface area contributed by atoms with Crippen LogP contribution >= 0.6 is 0 Å². The van der Waals surface area contributed by atoms with E-state index >= 15 is 0 Å². The minimum absolute atomic E-state index is 0.274. The second-order valence-electron chi connectivity index (χ2n) is 3.61. The van der Waals surface area contributed by atoms with E-state index in [9.17, 15) is 4.79 Å². The molecule has 1 saturated heterocycles. The fourth-order valence-corrected chi connectivity index (χ4v) is 2.12. The van der Waals surface area contributed by atoms with E-state index in [-0.39, 0.29) is 5.97 Å². The molecule has 1 aliphatic heterocycles. The van der Waals surface area contributed by atoms with Gasteiger partial charge in [-0.2, -0.15) is 0 Å². The number of carbonyl (C=O) groups is 1. The Morgan fingerprint density at radius 1 is 1.54 bits per heavy atom. The van der Waals surface area contributed by atoms with E-state index in [2.05, 4.69) is 6.58 Å². The van der Waals surface area contributed by atoms with Gasteiger partial charge >= 0.3 is 5.97 Å². The van der Waals surface area contributed by atoms with Crippen LogP contribution < -0.4 is 0 Å². The van der Waals surface area contributed by atoms with Crippen LogP contribution in [0, 0.1) is 0 Å². The molecule has 13 heavy (non-hydrogen) atoms. The number of hydrogen-bond donors (Lipinski definition) is 0. The fourth-order valence-electron chi connectivity index (χ4n) is 1.27. The summed E-state index contributed by atoms with van der Waals surface area (Å²) < 4.78 is 10.8. The molecular weight excluding hydrogens is 200 g/mol. The van der Waals surface area contributed by atoms with E-state index in [1.807, 2.05) is 0 Å². The molecular formula is C8H16O3Si2. The predicted octanol–water partition coefficient (Wildman–Crippen LogP) is -1.37. The predicted molar refractivity (Wildman–Crippen MR) is 57.6 cm³/mol. The first-order valence-electron chi connectivity index (χ1n) is 4.56. The molecule has 0 aromatic carbocycles. The van der Waals surface area contributed by atoms with Crippen LogP contribution in [0.3, 0.4) is 0 Å². The minimum Gasteiger partial charge on any atom is -0.435 e. The van der Waals surface area contributed by atoms with Gasteiger partial charge < -0.3 is 9.47 Å². The van der Waals surface area contributed by atoms with Crippen LogP contribution in [0.4, 0.5) is 0 Å². The van der Waals surface area contributed by atoms with Crippen LogP contribution in [0.5, 0.6) is 0 Å². The lowest BCUT2D eigenvalue weighted by Crippen LogP contribution is -2.41. The second-order valence-corrected chi connectivity index (χ2v) is 6.34. The first kappa shape index (κ1) is 10.7. The molecule has 0 radical (unpaired) electrons. The lowest BCUT2D eigenvalue weighted by Gasteiger charge is -2.33. The first-order chi connectivity index (χ1) is 6.03. The van der Waals surface area contributed by atoms with Crippen molar-refractivity contribution in [3.8, 4) is 0 Å². The number of carbonyl (C=O) groups excluding carboxylic acids is 1. The van der Waals surface area contributed by atoms with Crippen molar-refractivity contribution in [2.24, 2.45) is 0 Å². The average Bonchev–Trinajstić information content (AvgIpc) is 2.04. The highest BCUT2D eigenvalue weighted by molar-refractivity contribution is 6.35. The summed E-state index contributed by atoms with van der Waals surface area (Å²) >= 11 is 0. The zero-order valence-corrected chi connectivity index (χ0v) is 12.3. The molecule has 74 valence electrons. The van der Waals surface area contributed by atoms with Crippen LogP contribution in [0.15, 0.2) is 11.8 Å². The Bertz CT molecular complexity index is 221. The summed E-state index contributed by atoms with van der Waals surface area (Å²) in [7, 11) is 1.39. The van der Waals surface area contributed by atoms with Crippen LogP contribution in [0.1, 0.15) is 19.3 Å². The zero-order valence-electron chi connectivity index (χ0n) is 8.26. The van der Waals surface area contributed by atoms with E-state index in [1.54, 1.807) is 0 Å². The van der Waals surface area contributed by atoms with Crippen molar-refractivity contribution in [2.75, 3.05) is 6.61 Å². The van der Waals surface area contributed by atoms with Crippen molar-refractivity contribution >= 4 is 26.5 Å². The van der Waals surface area contributed by atoms with Crippen molar-refractivity contribution in [2.45, 2.75) is 24.7 Å². The van der Waals surface area contributed by atoms with Gasteiger partial charge in [0, 0.05) is 21.9 Å². The van der Waals surface area contributed by atoms with Crippen LogP contribution in [0.2, 0.25) is 0 Å². The van der Waals surface area contributed by atoms with Gasteiger partial charge in [0.15, 0.2) is 5.41 Å². The summed E-state index contributed by atoms with van der Waals surface area (Å²) in [6.07, 6.45) is 3.01. The third-order valence-electron chi connectivity index (χ3n) is 2.09. The van der Waals surface area contributed by atoms with Crippen LogP contribution in [-0.2, 0) is 14.3 Å². The lowest BCUT2D eigenvalue weighted by atomic mass is 10.2. The molecule has 1 aliphatic rings. The Morgan fingerprint density at radius 3 is 2.69 bits per heavy atom. The monoisotopic (exact) mass is 216 g/mol. The maximum absolute atomic E-state index is 11.3. The number of esters is 1. The molecule has 1 rings (SSSR count). The van der Waals surface area contributed by atoms with Gasteiger partial charge in [-0.05, 0) is 12.8 Å². The maximum Gasteiger partial charge on any atom is 0.330 e. The minimum atomic E-state index is -0.567. The van der Waals surface area contributed by atoms with E-state index < -0.39 is 5.41 Å². The molecule has 0 amide bonds. The number of rotatable bonds is 2. The Kier molecular flexibility index (Phi) is 3.46. The molecule has 1 atom stereocenters. The molecule has 5 heteroatoms. The van der Waals surface area contributed by atoms with E-state index in [1.165, 1.54) is 0 Å². The van der Waals surface area contributed by atoms with Crippen molar-refractivity contribution in [1.82, 2.24) is 0 Å². The molecule has 0 aromatic heterocycles. The largest absolute Gasteiger partial charge is 0.435 e. The number of ether oxygens (including phenoxy) is 2. The van der Waals surface area contributed by atoms with Gasteiger partial charge in [-0.1, -0.05) is 6.58 Å². The summed E-state index contributed by atoms with van der Waals surface area (Å²) in [5.74, 6) is -0.274. The quantitative estimate of drug-likeness (QED) is 0.324. The van der Waals surface area contributed by atoms with Gasteiger partial charge in [-0.25, -0.2) is 4.79 Å². The highest BCUT2D eigenvalue weighted by atomic mass is 28.1. The second kappa shape index (κ2) is 4.21. The van der Waals surface area contributed by atoms with Gasteiger partial charge in [0.2, 0.25) is 0 Å². The van der Waals surface area contributed by atoms with Crippen LogP contribution in [0.25, 0.3) is 0 Å². The fraction of sp³-hybridized carbons (Fsp3) is 0.625. The summed E-state index contributed by atoms with van der Waals surface area (Å²) in [5, 5.41) is 0.574. The molecule has 0 bridgehead atoms. The SMILES string of the molecule is C=C([SiH3])C(=O)OC1([SiH3])CCCCO1. The molecule has 0 aliphatic carbocycles. The van der Waals surface area contributed by atoms with Crippen molar-refractivity contribution in [1.29, 1.82) is 0 Å². The van der Waals surface area contributed by atoms with Crippen molar-refractivity contribution in [3.05, 3.63) is 11.8 Å². The van der Waals surface area contributed by atoms with E-state index in [0.717, 1.165) is 29.5 Å². The van der Waals surface area contributed by atoms with Crippen molar-refractivity contribution in [3.63, 3.8) is 0 Å². The van der Waals surface area contributed by atoms with Gasteiger partial charge in [0.05, 0.1) is 16.8 Å². The third kappa shape index (κ3) is 3.09. The summed E-state index contributed by atoms with van der Waals surface area (Å²) in [6, 6.07) is 0. The van der Waals surface area contributed by atoms with Crippen molar-refractivity contribution < 1.29 is 14.3 Å². The summed E-state index contributed by atoms with van der Waals surface area (Å²) in [4.78, 5) is 11.3. The molecule has 0 N–H and O–H groups in total. The lowest BCUT2D eigenvalue weighted by molar-refractivity contribution is -0.201. The Hall–Kier alpha value is -0.396. The summed E-state index contributed by atoms with van der Waals surface area (Å²) in [5.41, 5.74) is -0.567. The highest BCUT2D eigenvalue weighted by Crippen LogP contribution is 2.23. The van der Waals surface area contributed by atoms with E-state index in [0.29, 0.717) is 22.0 Å². The molecule has 0 aromatic rings. The average molecular weight is 216 g/mol. The molecule has 1 fully saturated rings. The molecule has 1 heterocycles. The smallest absolute Gasteiger partial charge is 0.330 e. The normalized spacial score (nSPS) is 28.6. The number of hydrogen-bond acceptors (Lipinski definition) is 3. The maximum atomic E-state index is 11.3. The van der Waals surface area contributed by atoms with Gasteiger partial charge in [0.1, 0.15) is 0 Å². The molecule has 1 unspecified atom stereocenters. The first-order valence-corrected chi connectivity index (χ1v) is 6.56. The van der Waals surface area contributed by atoms with Crippen LogP contribution in [-0.4, -0.2) is 38.5 Å². The standard InChI is InChI=1S/C8H16O3Si2/c1-6(12)7(9)11-8(13)4-2-3-5-10-8/h1-5H2,12-13H3. The third-order valence-corrected chi connectivity index (χ3v) is 3.49. The zero-order chi connectivity index (χ0) is 9.90. The molecule has 3 nitrogen and oxygen atoms in total.